The number of rotatable bonds is 3. The number of nitriles is 1. The minimum absolute atomic E-state index is 0.297. The van der Waals surface area contributed by atoms with Crippen molar-refractivity contribution in [2.45, 2.75) is 24.9 Å². The van der Waals surface area contributed by atoms with Crippen molar-refractivity contribution in [2.75, 3.05) is 0 Å². The highest BCUT2D eigenvalue weighted by molar-refractivity contribution is 9.10. The number of benzene rings is 1. The fraction of sp³-hybridized carbons (Fsp3) is 0.364. The van der Waals surface area contributed by atoms with E-state index >= 15 is 0 Å². The predicted molar refractivity (Wildman–Crippen MR) is 58.6 cm³/mol. The first-order valence-corrected chi connectivity index (χ1v) is 5.60. The molecule has 15 heavy (non-hydrogen) atoms. The van der Waals surface area contributed by atoms with Crippen LogP contribution in [0.4, 0.5) is 4.39 Å². The topological polar surface area (TPSA) is 35.8 Å². The second-order valence-electron chi connectivity index (χ2n) is 3.67. The third-order valence-electron chi connectivity index (χ3n) is 2.38. The summed E-state index contributed by atoms with van der Waals surface area (Å²) in [6.07, 6.45) is 2.24. The largest absolute Gasteiger partial charge is 0.295 e. The first-order valence-electron chi connectivity index (χ1n) is 4.81. The van der Waals surface area contributed by atoms with Crippen LogP contribution in [-0.4, -0.2) is 6.04 Å². The molecular weight excluding hydrogens is 259 g/mol. The summed E-state index contributed by atoms with van der Waals surface area (Å²) in [5.41, 5.74) is 0.797. The lowest BCUT2D eigenvalue weighted by Gasteiger charge is -2.12. The lowest BCUT2D eigenvalue weighted by Crippen LogP contribution is -2.22. The predicted octanol–water partition coefficient (Wildman–Crippen LogP) is 2.90. The molecule has 1 atom stereocenters. The average Bonchev–Trinajstić information content (AvgIpc) is 2.99. The van der Waals surface area contributed by atoms with E-state index in [0.717, 1.165) is 18.4 Å². The molecule has 0 bridgehead atoms. The van der Waals surface area contributed by atoms with E-state index < -0.39 is 0 Å². The van der Waals surface area contributed by atoms with Crippen LogP contribution in [-0.2, 0) is 0 Å². The maximum atomic E-state index is 12.9. The van der Waals surface area contributed by atoms with Gasteiger partial charge in [0.2, 0.25) is 0 Å². The lowest BCUT2D eigenvalue weighted by atomic mass is 10.1. The van der Waals surface area contributed by atoms with E-state index in [4.69, 9.17) is 5.26 Å². The minimum Gasteiger partial charge on any atom is -0.295 e. The number of nitrogens with zero attached hydrogens (tertiary/aromatic N) is 1. The Morgan fingerprint density at radius 3 is 2.80 bits per heavy atom. The van der Waals surface area contributed by atoms with E-state index in [1.54, 1.807) is 6.07 Å². The van der Waals surface area contributed by atoms with Crippen molar-refractivity contribution in [3.05, 3.63) is 34.1 Å². The summed E-state index contributed by atoms with van der Waals surface area (Å²) >= 11 is 3.27. The van der Waals surface area contributed by atoms with Crippen molar-refractivity contribution < 1.29 is 4.39 Å². The Balaban J connectivity index is 2.21. The molecule has 0 heterocycles. The molecule has 1 unspecified atom stereocenters. The molecule has 1 fully saturated rings. The Hall–Kier alpha value is -0.920. The minimum atomic E-state index is -0.354. The average molecular weight is 269 g/mol. The maximum Gasteiger partial charge on any atom is 0.124 e. The van der Waals surface area contributed by atoms with Crippen LogP contribution in [0.5, 0.6) is 0 Å². The van der Waals surface area contributed by atoms with Gasteiger partial charge in [-0.15, -0.1) is 0 Å². The van der Waals surface area contributed by atoms with Crippen molar-refractivity contribution in [1.82, 2.24) is 5.32 Å². The van der Waals surface area contributed by atoms with Crippen LogP contribution in [0.15, 0.2) is 22.7 Å². The quantitative estimate of drug-likeness (QED) is 0.915. The molecule has 4 heteroatoms. The third kappa shape index (κ3) is 2.55. The fourth-order valence-corrected chi connectivity index (χ4v) is 2.00. The summed E-state index contributed by atoms with van der Waals surface area (Å²) in [6.45, 7) is 0. The zero-order valence-corrected chi connectivity index (χ0v) is 9.59. The molecule has 1 saturated carbocycles. The number of nitrogens with one attached hydrogen (secondary N) is 1. The number of hydrogen-bond donors (Lipinski definition) is 1. The number of hydrogen-bond acceptors (Lipinski definition) is 2. The zero-order chi connectivity index (χ0) is 10.8. The van der Waals surface area contributed by atoms with Gasteiger partial charge in [0.15, 0.2) is 0 Å². The second kappa shape index (κ2) is 4.30. The van der Waals surface area contributed by atoms with Gasteiger partial charge in [0.05, 0.1) is 6.07 Å². The van der Waals surface area contributed by atoms with Crippen LogP contribution >= 0.6 is 15.9 Å². The molecule has 78 valence electrons. The van der Waals surface area contributed by atoms with Gasteiger partial charge < -0.3 is 0 Å². The Morgan fingerprint density at radius 2 is 2.27 bits per heavy atom. The molecule has 2 rings (SSSR count). The summed E-state index contributed by atoms with van der Waals surface area (Å²) in [6, 6.07) is 6.68. The summed E-state index contributed by atoms with van der Waals surface area (Å²) in [4.78, 5) is 0. The monoisotopic (exact) mass is 268 g/mol. The molecule has 0 aliphatic heterocycles. The highest BCUT2D eigenvalue weighted by Gasteiger charge is 2.26. The molecular formula is C11H10BrFN2. The molecule has 1 aliphatic rings. The van der Waals surface area contributed by atoms with Crippen LogP contribution in [0.25, 0.3) is 0 Å². The Bertz CT molecular complexity index is 410. The van der Waals surface area contributed by atoms with Crippen LogP contribution in [0.2, 0.25) is 0 Å². The molecule has 2 nitrogen and oxygen atoms in total. The van der Waals surface area contributed by atoms with Gasteiger partial charge >= 0.3 is 0 Å². The zero-order valence-electron chi connectivity index (χ0n) is 8.00. The Labute approximate surface area is 96.2 Å². The van der Waals surface area contributed by atoms with Crippen molar-refractivity contribution in [3.8, 4) is 6.07 Å². The van der Waals surface area contributed by atoms with E-state index in [2.05, 4.69) is 27.3 Å². The molecule has 1 N–H and O–H groups in total. The SMILES string of the molecule is N#CC(NC1CC1)c1ccc(F)cc1Br. The van der Waals surface area contributed by atoms with Gasteiger partial charge in [0.25, 0.3) is 0 Å². The van der Waals surface area contributed by atoms with Gasteiger partial charge in [-0.25, -0.2) is 4.39 Å². The molecule has 0 aromatic heterocycles. The molecule has 1 aliphatic carbocycles. The highest BCUT2D eigenvalue weighted by Crippen LogP contribution is 2.28. The highest BCUT2D eigenvalue weighted by atomic mass is 79.9. The summed E-state index contributed by atoms with van der Waals surface area (Å²) in [7, 11) is 0. The normalized spacial score (nSPS) is 17.1. The number of halogens is 2. The van der Waals surface area contributed by atoms with Crippen LogP contribution in [0.1, 0.15) is 24.4 Å². The maximum absolute atomic E-state index is 12.9. The van der Waals surface area contributed by atoms with Gasteiger partial charge in [-0.2, -0.15) is 5.26 Å². The third-order valence-corrected chi connectivity index (χ3v) is 3.07. The lowest BCUT2D eigenvalue weighted by molar-refractivity contribution is 0.609. The molecule has 1 aromatic carbocycles. The van der Waals surface area contributed by atoms with Crippen molar-refractivity contribution in [3.63, 3.8) is 0 Å². The van der Waals surface area contributed by atoms with E-state index in [-0.39, 0.29) is 11.9 Å². The summed E-state index contributed by atoms with van der Waals surface area (Å²) in [5.74, 6) is -0.297. The van der Waals surface area contributed by atoms with Gasteiger partial charge in [0, 0.05) is 10.5 Å². The summed E-state index contributed by atoms with van der Waals surface area (Å²) in [5, 5.41) is 12.2. The van der Waals surface area contributed by atoms with E-state index in [9.17, 15) is 4.39 Å². The molecule has 1 aromatic rings. The van der Waals surface area contributed by atoms with Crippen molar-refractivity contribution in [1.29, 1.82) is 5.26 Å². The van der Waals surface area contributed by atoms with Gasteiger partial charge in [-0.05, 0) is 30.5 Å². The van der Waals surface area contributed by atoms with Gasteiger partial charge in [0.1, 0.15) is 11.9 Å². The van der Waals surface area contributed by atoms with Crippen molar-refractivity contribution in [2.24, 2.45) is 0 Å². The molecule has 0 saturated heterocycles. The van der Waals surface area contributed by atoms with Crippen LogP contribution in [0.3, 0.4) is 0 Å². The van der Waals surface area contributed by atoms with Crippen molar-refractivity contribution >= 4 is 15.9 Å². The smallest absolute Gasteiger partial charge is 0.124 e. The standard InChI is InChI=1S/C11H10BrFN2/c12-10-5-7(13)1-4-9(10)11(6-14)15-8-2-3-8/h1,4-5,8,11,15H,2-3H2. The fourth-order valence-electron chi connectivity index (χ4n) is 1.42. The van der Waals surface area contributed by atoms with E-state index in [0.29, 0.717) is 10.5 Å². The second-order valence-corrected chi connectivity index (χ2v) is 4.52. The Morgan fingerprint density at radius 1 is 1.53 bits per heavy atom. The first-order chi connectivity index (χ1) is 7.20. The van der Waals surface area contributed by atoms with Crippen LogP contribution in [0, 0.1) is 17.1 Å². The first kappa shape index (κ1) is 10.6. The Kier molecular flexibility index (Phi) is 3.03. The summed E-state index contributed by atoms with van der Waals surface area (Å²) < 4.78 is 13.5. The van der Waals surface area contributed by atoms with Crippen LogP contribution < -0.4 is 5.32 Å². The molecule has 0 radical (unpaired) electrons. The molecule has 0 amide bonds. The van der Waals surface area contributed by atoms with Gasteiger partial charge in [-0.3, -0.25) is 5.32 Å². The van der Waals surface area contributed by atoms with E-state index in [1.165, 1.54) is 12.1 Å². The van der Waals surface area contributed by atoms with Gasteiger partial charge in [-0.1, -0.05) is 22.0 Å². The van der Waals surface area contributed by atoms with E-state index in [1.807, 2.05) is 0 Å². The molecule has 0 spiro atoms.